The zero-order valence-electron chi connectivity index (χ0n) is 12.3. The first-order valence-corrected chi connectivity index (χ1v) is 9.43. The molecule has 1 aromatic rings. The van der Waals surface area contributed by atoms with E-state index in [2.05, 4.69) is 32.9 Å². The highest BCUT2D eigenvalue weighted by atomic mass is 79.9. The molecule has 0 bridgehead atoms. The number of ether oxygens (including phenoxy) is 1. The Balaban J connectivity index is 0.00000176. The van der Waals surface area contributed by atoms with Gasteiger partial charge in [0.05, 0.1) is 6.61 Å². The Morgan fingerprint density at radius 3 is 2.91 bits per heavy atom. The standard InChI is InChI=1S/C14H19BrN2O3S.ClH/c1-9-8-16-4-2-12(9)17-21(18,19)13-7-11(15)6-10-3-5-20-14(10)13;/h6-7,9,12,16-17H,2-5,8H2,1H3;1H. The molecule has 2 unspecified atom stereocenters. The van der Waals surface area contributed by atoms with Crippen LogP contribution >= 0.6 is 28.3 Å². The maximum absolute atomic E-state index is 12.7. The Hall–Kier alpha value is -0.340. The number of sulfonamides is 1. The van der Waals surface area contributed by atoms with Gasteiger partial charge in [0.25, 0.3) is 0 Å². The minimum Gasteiger partial charge on any atom is -0.492 e. The van der Waals surface area contributed by atoms with Crippen LogP contribution in [0.4, 0.5) is 0 Å². The van der Waals surface area contributed by atoms with Gasteiger partial charge >= 0.3 is 0 Å². The second kappa shape index (κ2) is 7.05. The SMILES string of the molecule is CC1CNCCC1NS(=O)(=O)c1cc(Br)cc2c1OCC2.Cl. The van der Waals surface area contributed by atoms with Crippen LogP contribution in [0, 0.1) is 5.92 Å². The summed E-state index contributed by atoms with van der Waals surface area (Å²) in [5, 5.41) is 3.27. The minimum absolute atomic E-state index is 0. The lowest BCUT2D eigenvalue weighted by Crippen LogP contribution is -2.48. The third kappa shape index (κ3) is 3.59. The van der Waals surface area contributed by atoms with Gasteiger partial charge in [0, 0.05) is 22.5 Å². The van der Waals surface area contributed by atoms with Crippen molar-refractivity contribution in [1.82, 2.24) is 10.0 Å². The van der Waals surface area contributed by atoms with Crippen molar-refractivity contribution < 1.29 is 13.2 Å². The van der Waals surface area contributed by atoms with Gasteiger partial charge in [-0.15, -0.1) is 12.4 Å². The van der Waals surface area contributed by atoms with Gasteiger partial charge in [0.1, 0.15) is 10.6 Å². The molecule has 0 radical (unpaired) electrons. The summed E-state index contributed by atoms with van der Waals surface area (Å²) in [6.45, 7) is 4.27. The van der Waals surface area contributed by atoms with Crippen molar-refractivity contribution in [2.45, 2.75) is 30.7 Å². The molecule has 2 heterocycles. The summed E-state index contributed by atoms with van der Waals surface area (Å²) in [5.74, 6) is 0.780. The molecule has 1 fully saturated rings. The topological polar surface area (TPSA) is 67.4 Å². The van der Waals surface area contributed by atoms with Crippen molar-refractivity contribution in [3.63, 3.8) is 0 Å². The van der Waals surface area contributed by atoms with E-state index < -0.39 is 10.0 Å². The second-order valence-electron chi connectivity index (χ2n) is 5.69. The van der Waals surface area contributed by atoms with E-state index in [1.165, 1.54) is 0 Å². The molecule has 0 saturated carbocycles. The monoisotopic (exact) mass is 410 g/mol. The van der Waals surface area contributed by atoms with Gasteiger partial charge in [-0.25, -0.2) is 13.1 Å². The first-order valence-electron chi connectivity index (χ1n) is 7.15. The Kier molecular flexibility index (Phi) is 5.77. The van der Waals surface area contributed by atoms with E-state index in [0.717, 1.165) is 36.0 Å². The molecule has 2 N–H and O–H groups in total. The third-order valence-electron chi connectivity index (χ3n) is 4.10. The highest BCUT2D eigenvalue weighted by Crippen LogP contribution is 2.36. The lowest BCUT2D eigenvalue weighted by atomic mass is 9.97. The fourth-order valence-corrected chi connectivity index (χ4v) is 5.14. The zero-order valence-corrected chi connectivity index (χ0v) is 15.5. The van der Waals surface area contributed by atoms with Crippen molar-refractivity contribution in [2.75, 3.05) is 19.7 Å². The quantitative estimate of drug-likeness (QED) is 0.799. The van der Waals surface area contributed by atoms with Gasteiger partial charge in [0.15, 0.2) is 0 Å². The number of piperidine rings is 1. The van der Waals surface area contributed by atoms with Crippen molar-refractivity contribution in [3.05, 3.63) is 22.2 Å². The minimum atomic E-state index is -3.57. The van der Waals surface area contributed by atoms with E-state index in [-0.39, 0.29) is 29.3 Å². The summed E-state index contributed by atoms with van der Waals surface area (Å²) < 4.78 is 34.6. The molecule has 3 rings (SSSR count). The molecule has 124 valence electrons. The van der Waals surface area contributed by atoms with Crippen molar-refractivity contribution >= 4 is 38.4 Å². The number of hydrogen-bond acceptors (Lipinski definition) is 4. The Bertz CT molecular complexity index is 654. The van der Waals surface area contributed by atoms with Gasteiger partial charge in [-0.2, -0.15) is 0 Å². The fourth-order valence-electron chi connectivity index (χ4n) is 2.89. The zero-order chi connectivity index (χ0) is 15.0. The van der Waals surface area contributed by atoms with E-state index in [1.54, 1.807) is 6.07 Å². The van der Waals surface area contributed by atoms with Crippen LogP contribution in [-0.4, -0.2) is 34.2 Å². The Morgan fingerprint density at radius 1 is 1.41 bits per heavy atom. The molecule has 8 heteroatoms. The molecular formula is C14H20BrClN2O3S. The predicted octanol–water partition coefficient (Wildman–Crippen LogP) is 2.08. The third-order valence-corrected chi connectivity index (χ3v) is 6.05. The Labute approximate surface area is 145 Å². The summed E-state index contributed by atoms with van der Waals surface area (Å²) in [6.07, 6.45) is 1.55. The molecule has 2 aliphatic rings. The second-order valence-corrected chi connectivity index (χ2v) is 8.29. The molecule has 2 aliphatic heterocycles. The molecule has 5 nitrogen and oxygen atoms in total. The van der Waals surface area contributed by atoms with Crippen LogP contribution in [0.15, 0.2) is 21.5 Å². The predicted molar refractivity (Wildman–Crippen MR) is 91.3 cm³/mol. The van der Waals surface area contributed by atoms with E-state index in [9.17, 15) is 8.42 Å². The van der Waals surface area contributed by atoms with E-state index in [4.69, 9.17) is 4.74 Å². The first kappa shape index (κ1) is 18.0. The van der Waals surface area contributed by atoms with Gasteiger partial charge < -0.3 is 10.1 Å². The van der Waals surface area contributed by atoms with Crippen molar-refractivity contribution in [2.24, 2.45) is 5.92 Å². The highest BCUT2D eigenvalue weighted by Gasteiger charge is 2.31. The fraction of sp³-hybridized carbons (Fsp3) is 0.571. The van der Waals surface area contributed by atoms with Gasteiger partial charge in [0.2, 0.25) is 10.0 Å². The smallest absolute Gasteiger partial charge is 0.244 e. The molecule has 0 aliphatic carbocycles. The molecular weight excluding hydrogens is 392 g/mol. The van der Waals surface area contributed by atoms with E-state index in [0.29, 0.717) is 12.4 Å². The van der Waals surface area contributed by atoms with Gasteiger partial charge in [-0.05, 0) is 37.6 Å². The average Bonchev–Trinajstić information content (AvgIpc) is 2.88. The number of nitrogens with one attached hydrogen (secondary N) is 2. The Morgan fingerprint density at radius 2 is 2.18 bits per heavy atom. The van der Waals surface area contributed by atoms with E-state index >= 15 is 0 Å². The van der Waals surface area contributed by atoms with Crippen LogP contribution < -0.4 is 14.8 Å². The van der Waals surface area contributed by atoms with Crippen LogP contribution in [0.2, 0.25) is 0 Å². The maximum Gasteiger partial charge on any atom is 0.244 e. The number of fused-ring (bicyclic) bond motifs is 1. The van der Waals surface area contributed by atoms with Gasteiger partial charge in [-0.3, -0.25) is 0 Å². The summed E-state index contributed by atoms with van der Waals surface area (Å²) in [5.41, 5.74) is 0.947. The van der Waals surface area contributed by atoms with Crippen LogP contribution in [0.25, 0.3) is 0 Å². The molecule has 22 heavy (non-hydrogen) atoms. The van der Waals surface area contributed by atoms with Crippen LogP contribution in [0.3, 0.4) is 0 Å². The number of halogens is 2. The van der Waals surface area contributed by atoms with E-state index in [1.807, 2.05) is 6.07 Å². The largest absolute Gasteiger partial charge is 0.492 e. The van der Waals surface area contributed by atoms with Gasteiger partial charge in [-0.1, -0.05) is 22.9 Å². The number of rotatable bonds is 3. The number of benzene rings is 1. The van der Waals surface area contributed by atoms with Crippen LogP contribution in [0.1, 0.15) is 18.9 Å². The summed E-state index contributed by atoms with van der Waals surface area (Å²) >= 11 is 3.39. The van der Waals surface area contributed by atoms with Crippen molar-refractivity contribution in [3.8, 4) is 5.75 Å². The molecule has 1 saturated heterocycles. The van der Waals surface area contributed by atoms with Crippen molar-refractivity contribution in [1.29, 1.82) is 0 Å². The number of hydrogen-bond donors (Lipinski definition) is 2. The first-order chi connectivity index (χ1) is 9.97. The lowest BCUT2D eigenvalue weighted by molar-refractivity contribution is 0.326. The molecule has 0 spiro atoms. The average molecular weight is 412 g/mol. The molecule has 2 atom stereocenters. The summed E-state index contributed by atoms with van der Waals surface area (Å²) in [4.78, 5) is 0.245. The molecule has 1 aromatic carbocycles. The summed E-state index contributed by atoms with van der Waals surface area (Å²) in [7, 11) is -3.57. The molecule has 0 aromatic heterocycles. The normalized spacial score (nSPS) is 24.3. The van der Waals surface area contributed by atoms with Crippen LogP contribution in [0.5, 0.6) is 5.75 Å². The van der Waals surface area contributed by atoms with Crippen LogP contribution in [-0.2, 0) is 16.4 Å². The highest BCUT2D eigenvalue weighted by molar-refractivity contribution is 9.10. The molecule has 0 amide bonds. The summed E-state index contributed by atoms with van der Waals surface area (Å²) in [6, 6.07) is 3.51. The lowest BCUT2D eigenvalue weighted by Gasteiger charge is -2.30. The maximum atomic E-state index is 12.7.